The lowest BCUT2D eigenvalue weighted by Crippen LogP contribution is -2.42. The van der Waals surface area contributed by atoms with E-state index in [0.717, 1.165) is 18.1 Å². The van der Waals surface area contributed by atoms with E-state index in [2.05, 4.69) is 20.6 Å². The van der Waals surface area contributed by atoms with Crippen molar-refractivity contribution in [3.05, 3.63) is 18.1 Å². The van der Waals surface area contributed by atoms with E-state index in [1.54, 1.807) is 6.20 Å². The van der Waals surface area contributed by atoms with Crippen molar-refractivity contribution in [2.75, 3.05) is 11.9 Å². The van der Waals surface area contributed by atoms with Crippen molar-refractivity contribution in [2.24, 2.45) is 0 Å². The SMILES string of the molecule is Cc1nccc(NC2CCC(=O)NC2)n1. The van der Waals surface area contributed by atoms with Crippen LogP contribution in [0.1, 0.15) is 18.7 Å². The highest BCUT2D eigenvalue weighted by Crippen LogP contribution is 2.09. The molecule has 5 nitrogen and oxygen atoms in total. The maximum Gasteiger partial charge on any atom is 0.220 e. The normalized spacial score (nSPS) is 20.9. The predicted molar refractivity (Wildman–Crippen MR) is 56.4 cm³/mol. The van der Waals surface area contributed by atoms with E-state index >= 15 is 0 Å². The summed E-state index contributed by atoms with van der Waals surface area (Å²) >= 11 is 0. The van der Waals surface area contributed by atoms with Gasteiger partial charge in [-0.3, -0.25) is 4.79 Å². The molecule has 1 aliphatic heterocycles. The Kier molecular flexibility index (Phi) is 2.80. The van der Waals surface area contributed by atoms with Gasteiger partial charge in [-0.15, -0.1) is 0 Å². The number of piperidine rings is 1. The molecule has 15 heavy (non-hydrogen) atoms. The Morgan fingerprint density at radius 2 is 2.47 bits per heavy atom. The predicted octanol–water partition coefficient (Wildman–Crippen LogP) is 0.476. The molecule has 2 heterocycles. The largest absolute Gasteiger partial charge is 0.365 e. The van der Waals surface area contributed by atoms with E-state index in [1.807, 2.05) is 13.0 Å². The van der Waals surface area contributed by atoms with Crippen LogP contribution >= 0.6 is 0 Å². The van der Waals surface area contributed by atoms with Crippen LogP contribution in [0.2, 0.25) is 0 Å². The van der Waals surface area contributed by atoms with Crippen LogP contribution in [-0.4, -0.2) is 28.5 Å². The lowest BCUT2D eigenvalue weighted by Gasteiger charge is -2.23. The van der Waals surface area contributed by atoms with Crippen molar-refractivity contribution >= 4 is 11.7 Å². The molecule has 0 saturated carbocycles. The molecule has 1 fully saturated rings. The summed E-state index contributed by atoms with van der Waals surface area (Å²) in [4.78, 5) is 19.2. The Morgan fingerprint density at radius 3 is 3.13 bits per heavy atom. The van der Waals surface area contributed by atoms with Crippen molar-refractivity contribution in [3.63, 3.8) is 0 Å². The fraction of sp³-hybridized carbons (Fsp3) is 0.500. The molecule has 0 spiro atoms. The molecule has 1 aromatic heterocycles. The monoisotopic (exact) mass is 206 g/mol. The summed E-state index contributed by atoms with van der Waals surface area (Å²) in [6.07, 6.45) is 3.17. The minimum Gasteiger partial charge on any atom is -0.365 e. The minimum absolute atomic E-state index is 0.131. The molecule has 0 aromatic carbocycles. The number of aryl methyl sites for hydroxylation is 1. The second-order valence-electron chi connectivity index (χ2n) is 3.67. The number of hydrogen-bond acceptors (Lipinski definition) is 4. The van der Waals surface area contributed by atoms with Gasteiger partial charge in [0.05, 0.1) is 0 Å². The molecular weight excluding hydrogens is 192 g/mol. The number of hydrogen-bond donors (Lipinski definition) is 2. The molecule has 1 atom stereocenters. The van der Waals surface area contributed by atoms with Gasteiger partial charge < -0.3 is 10.6 Å². The molecule has 2 N–H and O–H groups in total. The molecule has 1 unspecified atom stereocenters. The number of carbonyl (C=O) groups is 1. The first-order chi connectivity index (χ1) is 7.24. The average molecular weight is 206 g/mol. The fourth-order valence-corrected chi connectivity index (χ4v) is 1.60. The minimum atomic E-state index is 0.131. The zero-order valence-electron chi connectivity index (χ0n) is 8.66. The Labute approximate surface area is 88.3 Å². The summed E-state index contributed by atoms with van der Waals surface area (Å²) in [5.74, 6) is 1.70. The molecule has 80 valence electrons. The van der Waals surface area contributed by atoms with Gasteiger partial charge in [0.1, 0.15) is 11.6 Å². The number of carbonyl (C=O) groups excluding carboxylic acids is 1. The summed E-state index contributed by atoms with van der Waals surface area (Å²) < 4.78 is 0. The Hall–Kier alpha value is -1.65. The summed E-state index contributed by atoms with van der Waals surface area (Å²) in [5.41, 5.74) is 0. The molecule has 2 rings (SSSR count). The van der Waals surface area contributed by atoms with Crippen molar-refractivity contribution in [1.29, 1.82) is 0 Å². The van der Waals surface area contributed by atoms with Crippen molar-refractivity contribution in [2.45, 2.75) is 25.8 Å². The molecule has 0 radical (unpaired) electrons. The van der Waals surface area contributed by atoms with Gasteiger partial charge in [-0.05, 0) is 19.4 Å². The summed E-state index contributed by atoms with van der Waals surface area (Å²) in [7, 11) is 0. The lowest BCUT2D eigenvalue weighted by atomic mass is 10.1. The van der Waals surface area contributed by atoms with Crippen LogP contribution < -0.4 is 10.6 Å². The zero-order chi connectivity index (χ0) is 10.7. The molecule has 0 aliphatic carbocycles. The lowest BCUT2D eigenvalue weighted by molar-refractivity contribution is -0.122. The third-order valence-electron chi connectivity index (χ3n) is 2.39. The van der Waals surface area contributed by atoms with Gasteiger partial charge in [0.15, 0.2) is 0 Å². The quantitative estimate of drug-likeness (QED) is 0.738. The van der Waals surface area contributed by atoms with E-state index in [1.165, 1.54) is 0 Å². The smallest absolute Gasteiger partial charge is 0.220 e. The highest BCUT2D eigenvalue weighted by molar-refractivity contribution is 5.76. The number of amides is 1. The number of nitrogens with one attached hydrogen (secondary N) is 2. The van der Waals surface area contributed by atoms with Crippen LogP contribution in [-0.2, 0) is 4.79 Å². The molecule has 1 aromatic rings. The highest BCUT2D eigenvalue weighted by Gasteiger charge is 2.17. The first-order valence-electron chi connectivity index (χ1n) is 5.07. The van der Waals surface area contributed by atoms with Gasteiger partial charge in [0.2, 0.25) is 5.91 Å². The van der Waals surface area contributed by atoms with Gasteiger partial charge in [-0.2, -0.15) is 0 Å². The molecule has 1 saturated heterocycles. The number of anilines is 1. The maximum absolute atomic E-state index is 11.0. The van der Waals surface area contributed by atoms with Crippen molar-refractivity contribution in [3.8, 4) is 0 Å². The van der Waals surface area contributed by atoms with Crippen LogP contribution in [0, 0.1) is 6.92 Å². The van der Waals surface area contributed by atoms with Gasteiger partial charge >= 0.3 is 0 Å². The van der Waals surface area contributed by atoms with E-state index < -0.39 is 0 Å². The Morgan fingerprint density at radius 1 is 1.60 bits per heavy atom. The summed E-state index contributed by atoms with van der Waals surface area (Å²) in [6, 6.07) is 2.11. The molecule has 5 heteroatoms. The summed E-state index contributed by atoms with van der Waals surface area (Å²) in [5, 5.41) is 6.10. The van der Waals surface area contributed by atoms with Crippen LogP contribution in [0.5, 0.6) is 0 Å². The summed E-state index contributed by atoms with van der Waals surface area (Å²) in [6.45, 7) is 2.52. The average Bonchev–Trinajstić information content (AvgIpc) is 2.22. The van der Waals surface area contributed by atoms with Gasteiger partial charge in [-0.25, -0.2) is 9.97 Å². The van der Waals surface area contributed by atoms with E-state index in [0.29, 0.717) is 13.0 Å². The van der Waals surface area contributed by atoms with E-state index in [4.69, 9.17) is 0 Å². The van der Waals surface area contributed by atoms with Crippen LogP contribution in [0.25, 0.3) is 0 Å². The van der Waals surface area contributed by atoms with Gasteiger partial charge in [0, 0.05) is 25.2 Å². The second kappa shape index (κ2) is 4.25. The maximum atomic E-state index is 11.0. The molecule has 1 aliphatic rings. The van der Waals surface area contributed by atoms with E-state index in [-0.39, 0.29) is 11.9 Å². The number of nitrogens with zero attached hydrogens (tertiary/aromatic N) is 2. The fourth-order valence-electron chi connectivity index (χ4n) is 1.60. The first kappa shape index (κ1) is 9.89. The Balaban J connectivity index is 1.94. The second-order valence-corrected chi connectivity index (χ2v) is 3.67. The van der Waals surface area contributed by atoms with Crippen LogP contribution in [0.3, 0.4) is 0 Å². The van der Waals surface area contributed by atoms with Gasteiger partial charge in [-0.1, -0.05) is 0 Å². The highest BCUT2D eigenvalue weighted by atomic mass is 16.1. The van der Waals surface area contributed by atoms with Crippen molar-refractivity contribution in [1.82, 2.24) is 15.3 Å². The topological polar surface area (TPSA) is 66.9 Å². The molecule has 1 amide bonds. The zero-order valence-corrected chi connectivity index (χ0v) is 8.66. The van der Waals surface area contributed by atoms with E-state index in [9.17, 15) is 4.79 Å². The first-order valence-corrected chi connectivity index (χ1v) is 5.07. The number of aromatic nitrogens is 2. The van der Waals surface area contributed by atoms with Crippen LogP contribution in [0.15, 0.2) is 12.3 Å². The third-order valence-corrected chi connectivity index (χ3v) is 2.39. The third kappa shape index (κ3) is 2.65. The Bertz CT molecular complexity index is 356. The molecular formula is C10H14N4O. The molecule has 0 bridgehead atoms. The van der Waals surface area contributed by atoms with Gasteiger partial charge in [0.25, 0.3) is 0 Å². The number of rotatable bonds is 2. The van der Waals surface area contributed by atoms with Crippen LogP contribution in [0.4, 0.5) is 5.82 Å². The standard InChI is InChI=1S/C10H14N4O/c1-7-11-5-4-9(13-7)14-8-2-3-10(15)12-6-8/h4-5,8H,2-3,6H2,1H3,(H,12,15)(H,11,13,14). The van der Waals surface area contributed by atoms with Crippen molar-refractivity contribution < 1.29 is 4.79 Å².